The first-order valence-electron chi connectivity index (χ1n) is 8.43. The van der Waals surface area contributed by atoms with Crippen molar-refractivity contribution in [1.82, 2.24) is 5.32 Å². The molecule has 1 amide bonds. The van der Waals surface area contributed by atoms with Crippen LogP contribution in [0.5, 0.6) is 0 Å². The average Bonchev–Trinajstić information content (AvgIpc) is 2.63. The quantitative estimate of drug-likeness (QED) is 0.495. The lowest BCUT2D eigenvalue weighted by atomic mass is 10.0. The summed E-state index contributed by atoms with van der Waals surface area (Å²) in [7, 11) is 0. The number of amides is 1. The monoisotopic (exact) mass is 361 g/mol. The van der Waals surface area contributed by atoms with Crippen LogP contribution in [0.25, 0.3) is 5.57 Å². The normalized spacial score (nSPS) is 13.2. The van der Waals surface area contributed by atoms with E-state index in [1.807, 2.05) is 44.2 Å². The fraction of sp³-hybridized carbons (Fsp3) is 0.350. The summed E-state index contributed by atoms with van der Waals surface area (Å²) < 4.78 is 12.6. The molecule has 0 radical (unpaired) electrons. The number of hydrogen-bond acceptors (Lipinski definition) is 3. The van der Waals surface area contributed by atoms with E-state index in [0.717, 1.165) is 11.1 Å². The van der Waals surface area contributed by atoms with Crippen molar-refractivity contribution in [1.29, 1.82) is 0 Å². The van der Waals surface area contributed by atoms with Crippen LogP contribution in [0.15, 0.2) is 48.1 Å². The van der Waals surface area contributed by atoms with Gasteiger partial charge in [0.1, 0.15) is 12.7 Å². The number of benzene rings is 1. The van der Waals surface area contributed by atoms with Crippen LogP contribution < -0.4 is 5.32 Å². The number of carbonyl (C=O) groups is 3. The number of Topliss-reactive ketones (excluding diaryl/α,β-unsaturated/α-hetero) is 1. The van der Waals surface area contributed by atoms with E-state index < -0.39 is 36.8 Å². The van der Waals surface area contributed by atoms with Gasteiger partial charge >= 0.3 is 5.97 Å². The predicted octanol–water partition coefficient (Wildman–Crippen LogP) is 3.31. The fourth-order valence-corrected chi connectivity index (χ4v) is 2.33. The van der Waals surface area contributed by atoms with E-state index in [9.17, 15) is 18.8 Å². The molecule has 140 valence electrons. The Morgan fingerprint density at radius 1 is 1.19 bits per heavy atom. The van der Waals surface area contributed by atoms with Crippen LogP contribution in [0.2, 0.25) is 0 Å². The molecular weight excluding hydrogens is 337 g/mol. The standard InChI is InChI=1S/C20H24FNO4/c1-3-7-16(11-10-14(2)15-8-5-4-6-9-15)20(26)22-17(12-19(24)25)18(23)13-21/h4-6,8-11,17H,3,7,12-13H2,1-2H3,(H,22,26)(H,24,25)/b14-10+,16-11+. The number of nitrogens with one attached hydrogen (secondary N) is 1. The largest absolute Gasteiger partial charge is 0.481 e. The third-order valence-electron chi connectivity index (χ3n) is 3.78. The van der Waals surface area contributed by atoms with Crippen molar-refractivity contribution < 1.29 is 23.9 Å². The van der Waals surface area contributed by atoms with Crippen LogP contribution in [-0.4, -0.2) is 35.5 Å². The summed E-state index contributed by atoms with van der Waals surface area (Å²) in [4.78, 5) is 34.8. The van der Waals surface area contributed by atoms with E-state index in [0.29, 0.717) is 18.4 Å². The first kappa shape index (κ1) is 21.3. The zero-order valence-corrected chi connectivity index (χ0v) is 15.0. The van der Waals surface area contributed by atoms with E-state index in [2.05, 4.69) is 5.32 Å². The minimum absolute atomic E-state index is 0.407. The molecule has 0 spiro atoms. The average molecular weight is 361 g/mol. The second-order valence-corrected chi connectivity index (χ2v) is 5.88. The van der Waals surface area contributed by atoms with E-state index in [4.69, 9.17) is 5.11 Å². The van der Waals surface area contributed by atoms with Crippen molar-refractivity contribution in [3.8, 4) is 0 Å². The van der Waals surface area contributed by atoms with Gasteiger partial charge < -0.3 is 10.4 Å². The lowest BCUT2D eigenvalue weighted by molar-refractivity contribution is -0.140. The van der Waals surface area contributed by atoms with Crippen molar-refractivity contribution in [2.75, 3.05) is 6.67 Å². The number of allylic oxidation sites excluding steroid dienone is 3. The highest BCUT2D eigenvalue weighted by atomic mass is 19.1. The summed E-state index contributed by atoms with van der Waals surface area (Å²) >= 11 is 0. The summed E-state index contributed by atoms with van der Waals surface area (Å²) in [6, 6.07) is 8.26. The van der Waals surface area contributed by atoms with Crippen molar-refractivity contribution in [2.45, 2.75) is 39.2 Å². The second-order valence-electron chi connectivity index (χ2n) is 5.88. The SMILES string of the molecule is CCC/C(=C\C=C(/C)c1ccccc1)C(=O)NC(CC(=O)O)C(=O)CF. The molecule has 1 aromatic carbocycles. The van der Waals surface area contributed by atoms with Crippen molar-refractivity contribution in [3.63, 3.8) is 0 Å². The number of carbonyl (C=O) groups excluding carboxylic acids is 2. The molecule has 0 aromatic heterocycles. The number of alkyl halides is 1. The Morgan fingerprint density at radius 3 is 2.38 bits per heavy atom. The van der Waals surface area contributed by atoms with Gasteiger partial charge in [-0.3, -0.25) is 14.4 Å². The molecule has 1 rings (SSSR count). The Labute approximate surface area is 152 Å². The number of rotatable bonds is 10. The van der Waals surface area contributed by atoms with Crippen LogP contribution in [0.3, 0.4) is 0 Å². The minimum Gasteiger partial charge on any atom is -0.481 e. The Bertz CT molecular complexity index is 695. The van der Waals surface area contributed by atoms with Crippen molar-refractivity contribution >= 4 is 23.2 Å². The van der Waals surface area contributed by atoms with E-state index >= 15 is 0 Å². The molecule has 6 heteroatoms. The minimum atomic E-state index is -1.37. The molecule has 5 nitrogen and oxygen atoms in total. The topological polar surface area (TPSA) is 83.5 Å². The highest BCUT2D eigenvalue weighted by molar-refractivity contribution is 5.99. The lowest BCUT2D eigenvalue weighted by Crippen LogP contribution is -2.43. The Kier molecular flexibility index (Phi) is 8.98. The number of carboxylic acid groups (broad SMARTS) is 1. The van der Waals surface area contributed by atoms with Gasteiger partial charge in [0.05, 0.1) is 6.42 Å². The van der Waals surface area contributed by atoms with Crippen molar-refractivity contribution in [2.24, 2.45) is 0 Å². The van der Waals surface area contributed by atoms with Gasteiger partial charge in [-0.1, -0.05) is 55.8 Å². The molecule has 0 aliphatic heterocycles. The van der Waals surface area contributed by atoms with E-state index in [1.54, 1.807) is 12.2 Å². The maximum absolute atomic E-state index is 12.6. The molecule has 0 saturated heterocycles. The molecule has 2 N–H and O–H groups in total. The lowest BCUT2D eigenvalue weighted by Gasteiger charge is -2.15. The highest BCUT2D eigenvalue weighted by Crippen LogP contribution is 2.15. The molecule has 1 unspecified atom stereocenters. The third-order valence-corrected chi connectivity index (χ3v) is 3.78. The fourth-order valence-electron chi connectivity index (χ4n) is 2.33. The molecule has 0 aliphatic carbocycles. The van der Waals surface area contributed by atoms with Gasteiger partial charge in [-0.05, 0) is 24.5 Å². The zero-order valence-electron chi connectivity index (χ0n) is 15.0. The van der Waals surface area contributed by atoms with Gasteiger partial charge in [0, 0.05) is 5.57 Å². The van der Waals surface area contributed by atoms with Crippen LogP contribution in [0.1, 0.15) is 38.7 Å². The van der Waals surface area contributed by atoms with Crippen LogP contribution in [0, 0.1) is 0 Å². The van der Waals surface area contributed by atoms with E-state index in [-0.39, 0.29) is 0 Å². The second kappa shape index (κ2) is 11.0. The van der Waals surface area contributed by atoms with Crippen LogP contribution >= 0.6 is 0 Å². The number of aliphatic carboxylic acids is 1. The summed E-state index contributed by atoms with van der Waals surface area (Å²) in [5.74, 6) is -2.79. The Morgan fingerprint density at radius 2 is 1.85 bits per heavy atom. The van der Waals surface area contributed by atoms with Gasteiger partial charge in [0.15, 0.2) is 5.78 Å². The van der Waals surface area contributed by atoms with Crippen LogP contribution in [-0.2, 0) is 14.4 Å². The maximum Gasteiger partial charge on any atom is 0.305 e. The summed E-state index contributed by atoms with van der Waals surface area (Å²) in [6.45, 7) is 2.49. The van der Waals surface area contributed by atoms with Gasteiger partial charge in [-0.25, -0.2) is 4.39 Å². The Hall–Kier alpha value is -2.76. The molecule has 1 atom stereocenters. The Balaban J connectivity index is 2.97. The first-order valence-corrected chi connectivity index (χ1v) is 8.43. The maximum atomic E-state index is 12.6. The highest BCUT2D eigenvalue weighted by Gasteiger charge is 2.24. The van der Waals surface area contributed by atoms with Crippen LogP contribution in [0.4, 0.5) is 4.39 Å². The van der Waals surface area contributed by atoms with Gasteiger partial charge in [0.25, 0.3) is 0 Å². The van der Waals surface area contributed by atoms with E-state index in [1.165, 1.54) is 0 Å². The molecular formula is C20H24FNO4. The van der Waals surface area contributed by atoms with Gasteiger partial charge in [-0.2, -0.15) is 0 Å². The molecule has 0 fully saturated rings. The summed E-state index contributed by atoms with van der Waals surface area (Å²) in [5, 5.41) is 11.2. The summed E-state index contributed by atoms with van der Waals surface area (Å²) in [6.07, 6.45) is 3.95. The number of hydrogen-bond donors (Lipinski definition) is 2. The molecule has 0 bridgehead atoms. The number of halogens is 1. The molecule has 26 heavy (non-hydrogen) atoms. The third kappa shape index (κ3) is 7.01. The van der Waals surface area contributed by atoms with Crippen molar-refractivity contribution in [3.05, 3.63) is 53.6 Å². The van der Waals surface area contributed by atoms with Gasteiger partial charge in [0.2, 0.25) is 5.91 Å². The number of ketones is 1. The summed E-state index contributed by atoms with van der Waals surface area (Å²) in [5.41, 5.74) is 2.37. The predicted molar refractivity (Wildman–Crippen MR) is 98.2 cm³/mol. The number of carboxylic acids is 1. The molecule has 0 aliphatic rings. The first-order chi connectivity index (χ1) is 12.4. The molecule has 0 heterocycles. The molecule has 1 aromatic rings. The molecule has 0 saturated carbocycles. The smallest absolute Gasteiger partial charge is 0.305 e. The zero-order chi connectivity index (χ0) is 19.5. The van der Waals surface area contributed by atoms with Gasteiger partial charge in [-0.15, -0.1) is 0 Å².